The Kier molecular flexibility index (Phi) is 2.95. The minimum absolute atomic E-state index is 0.179. The lowest BCUT2D eigenvalue weighted by molar-refractivity contribution is 0.596. The highest BCUT2D eigenvalue weighted by atomic mass is 19.1. The molecule has 0 N–H and O–H groups in total. The van der Waals surface area contributed by atoms with Crippen molar-refractivity contribution in [1.82, 2.24) is 4.98 Å². The molecule has 3 aromatic rings. The van der Waals surface area contributed by atoms with Gasteiger partial charge in [0.2, 0.25) is 0 Å². The van der Waals surface area contributed by atoms with Crippen molar-refractivity contribution in [3.05, 3.63) is 77.2 Å². The molecular weight excluding hydrogens is 261 g/mol. The molecule has 0 aliphatic heterocycles. The van der Waals surface area contributed by atoms with Crippen molar-refractivity contribution in [2.45, 2.75) is 25.2 Å². The van der Waals surface area contributed by atoms with E-state index in [1.807, 2.05) is 18.2 Å². The maximum atomic E-state index is 13.1. The summed E-state index contributed by atoms with van der Waals surface area (Å²) in [7, 11) is 0. The standard InChI is InChI=1S/C19H16FN/c20-16-10-8-13(9-11-16)17-6-3-5-15-12-14-4-1-2-7-18(14)21-19(15)17/h1-2,4,7-12,17H,3,5-6H2. The molecule has 0 saturated heterocycles. The first-order valence-electron chi connectivity index (χ1n) is 7.45. The highest BCUT2D eigenvalue weighted by Gasteiger charge is 2.23. The summed E-state index contributed by atoms with van der Waals surface area (Å²) in [5.74, 6) is 0.111. The van der Waals surface area contributed by atoms with Crippen LogP contribution < -0.4 is 0 Å². The van der Waals surface area contributed by atoms with Crippen LogP contribution in [-0.4, -0.2) is 4.98 Å². The molecule has 0 fully saturated rings. The van der Waals surface area contributed by atoms with E-state index >= 15 is 0 Å². The van der Waals surface area contributed by atoms with E-state index in [1.165, 1.54) is 22.2 Å². The van der Waals surface area contributed by atoms with Crippen LogP contribution in [0.2, 0.25) is 0 Å². The Bertz CT molecular complexity index is 792. The number of halogens is 1. The molecule has 1 nitrogen and oxygen atoms in total. The third-order valence-electron chi connectivity index (χ3n) is 4.38. The average molecular weight is 277 g/mol. The third-order valence-corrected chi connectivity index (χ3v) is 4.38. The average Bonchev–Trinajstić information content (AvgIpc) is 2.53. The fraction of sp³-hybridized carbons (Fsp3) is 0.211. The summed E-state index contributed by atoms with van der Waals surface area (Å²) < 4.78 is 13.1. The van der Waals surface area contributed by atoms with Crippen molar-refractivity contribution in [1.29, 1.82) is 0 Å². The van der Waals surface area contributed by atoms with Gasteiger partial charge in [0.05, 0.1) is 11.2 Å². The molecule has 0 bridgehead atoms. The number of hydrogen-bond acceptors (Lipinski definition) is 1. The summed E-state index contributed by atoms with van der Waals surface area (Å²) in [6.07, 6.45) is 3.34. The summed E-state index contributed by atoms with van der Waals surface area (Å²) in [5, 5.41) is 1.20. The summed E-state index contributed by atoms with van der Waals surface area (Å²) in [6, 6.07) is 17.4. The van der Waals surface area contributed by atoms with Gasteiger partial charge in [0.1, 0.15) is 5.82 Å². The molecule has 0 saturated carbocycles. The fourth-order valence-corrected chi connectivity index (χ4v) is 3.33. The van der Waals surface area contributed by atoms with Gasteiger partial charge >= 0.3 is 0 Å². The monoisotopic (exact) mass is 277 g/mol. The second-order valence-corrected chi connectivity index (χ2v) is 5.72. The second-order valence-electron chi connectivity index (χ2n) is 5.72. The molecular formula is C19H16FN. The van der Waals surface area contributed by atoms with E-state index in [4.69, 9.17) is 4.98 Å². The Balaban J connectivity index is 1.86. The SMILES string of the molecule is Fc1ccc(C2CCCc3cc4ccccc4nc32)cc1. The van der Waals surface area contributed by atoms with Gasteiger partial charge in [-0.2, -0.15) is 0 Å². The van der Waals surface area contributed by atoms with Crippen molar-refractivity contribution in [3.8, 4) is 0 Å². The first-order valence-corrected chi connectivity index (χ1v) is 7.45. The van der Waals surface area contributed by atoms with Crippen LogP contribution in [0.1, 0.15) is 35.6 Å². The minimum atomic E-state index is -0.179. The van der Waals surface area contributed by atoms with Gasteiger partial charge < -0.3 is 0 Å². The maximum Gasteiger partial charge on any atom is 0.123 e. The van der Waals surface area contributed by atoms with Crippen LogP contribution in [0.25, 0.3) is 10.9 Å². The van der Waals surface area contributed by atoms with Crippen molar-refractivity contribution in [2.24, 2.45) is 0 Å². The molecule has 104 valence electrons. The quantitative estimate of drug-likeness (QED) is 0.620. The smallest absolute Gasteiger partial charge is 0.123 e. The zero-order valence-corrected chi connectivity index (χ0v) is 11.7. The number of aryl methyl sites for hydroxylation is 1. The number of fused-ring (bicyclic) bond motifs is 2. The summed E-state index contributed by atoms with van der Waals surface area (Å²) in [5.41, 5.74) is 4.73. The predicted molar refractivity (Wildman–Crippen MR) is 82.9 cm³/mol. The van der Waals surface area contributed by atoms with E-state index in [9.17, 15) is 4.39 Å². The normalized spacial score (nSPS) is 17.7. The molecule has 4 rings (SSSR count). The molecule has 1 aromatic heterocycles. The summed E-state index contributed by atoms with van der Waals surface area (Å²) in [6.45, 7) is 0. The van der Waals surface area contributed by atoms with Gasteiger partial charge in [-0.1, -0.05) is 30.3 Å². The third kappa shape index (κ3) is 2.21. The zero-order valence-electron chi connectivity index (χ0n) is 11.7. The molecule has 1 heterocycles. The number of nitrogens with zero attached hydrogens (tertiary/aromatic N) is 1. The minimum Gasteiger partial charge on any atom is -0.252 e. The molecule has 0 amide bonds. The summed E-state index contributed by atoms with van der Waals surface area (Å²) in [4.78, 5) is 4.90. The van der Waals surface area contributed by atoms with Crippen LogP contribution in [-0.2, 0) is 6.42 Å². The van der Waals surface area contributed by atoms with Gasteiger partial charge in [-0.05, 0) is 54.7 Å². The van der Waals surface area contributed by atoms with E-state index in [0.717, 1.165) is 24.8 Å². The van der Waals surface area contributed by atoms with Crippen molar-refractivity contribution in [2.75, 3.05) is 0 Å². The molecule has 2 aromatic carbocycles. The van der Waals surface area contributed by atoms with Crippen LogP contribution in [0.15, 0.2) is 54.6 Å². The van der Waals surface area contributed by atoms with Gasteiger partial charge in [-0.3, -0.25) is 4.98 Å². The van der Waals surface area contributed by atoms with E-state index < -0.39 is 0 Å². The maximum absolute atomic E-state index is 13.1. The van der Waals surface area contributed by atoms with Gasteiger partial charge in [0.15, 0.2) is 0 Å². The number of benzene rings is 2. The van der Waals surface area contributed by atoms with Crippen LogP contribution in [0.4, 0.5) is 4.39 Å². The van der Waals surface area contributed by atoms with Crippen LogP contribution >= 0.6 is 0 Å². The molecule has 1 aliphatic rings. The molecule has 0 spiro atoms. The Morgan fingerprint density at radius 1 is 1.00 bits per heavy atom. The Hall–Kier alpha value is -2.22. The van der Waals surface area contributed by atoms with Crippen molar-refractivity contribution < 1.29 is 4.39 Å². The van der Waals surface area contributed by atoms with E-state index in [0.29, 0.717) is 5.92 Å². The van der Waals surface area contributed by atoms with Gasteiger partial charge in [-0.25, -0.2) is 4.39 Å². The molecule has 1 aliphatic carbocycles. The molecule has 1 atom stereocenters. The Morgan fingerprint density at radius 3 is 2.67 bits per heavy atom. The topological polar surface area (TPSA) is 12.9 Å². The van der Waals surface area contributed by atoms with Gasteiger partial charge in [0.25, 0.3) is 0 Å². The molecule has 1 unspecified atom stereocenters. The molecule has 21 heavy (non-hydrogen) atoms. The highest BCUT2D eigenvalue weighted by molar-refractivity contribution is 5.79. The zero-order chi connectivity index (χ0) is 14.2. The molecule has 0 radical (unpaired) electrons. The lowest BCUT2D eigenvalue weighted by Crippen LogP contribution is -2.13. The fourth-order valence-electron chi connectivity index (χ4n) is 3.33. The summed E-state index contributed by atoms with van der Waals surface area (Å²) >= 11 is 0. The molecule has 2 heteroatoms. The Labute approximate surface area is 123 Å². The van der Waals surface area contributed by atoms with E-state index in [1.54, 1.807) is 12.1 Å². The number of pyridine rings is 1. The van der Waals surface area contributed by atoms with Crippen molar-refractivity contribution in [3.63, 3.8) is 0 Å². The lowest BCUT2D eigenvalue weighted by Gasteiger charge is -2.25. The number of para-hydroxylation sites is 1. The number of aromatic nitrogens is 1. The van der Waals surface area contributed by atoms with Crippen LogP contribution in [0.5, 0.6) is 0 Å². The van der Waals surface area contributed by atoms with E-state index in [-0.39, 0.29) is 5.82 Å². The Morgan fingerprint density at radius 2 is 1.81 bits per heavy atom. The highest BCUT2D eigenvalue weighted by Crippen LogP contribution is 2.36. The first-order chi connectivity index (χ1) is 10.3. The number of hydrogen-bond donors (Lipinski definition) is 0. The lowest BCUT2D eigenvalue weighted by atomic mass is 9.82. The van der Waals surface area contributed by atoms with Gasteiger partial charge in [0, 0.05) is 11.3 Å². The largest absolute Gasteiger partial charge is 0.252 e. The number of rotatable bonds is 1. The van der Waals surface area contributed by atoms with Crippen molar-refractivity contribution >= 4 is 10.9 Å². The van der Waals surface area contributed by atoms with Crippen LogP contribution in [0, 0.1) is 5.82 Å². The van der Waals surface area contributed by atoms with Gasteiger partial charge in [-0.15, -0.1) is 0 Å². The first kappa shape index (κ1) is 12.5. The van der Waals surface area contributed by atoms with Crippen LogP contribution in [0.3, 0.4) is 0 Å². The van der Waals surface area contributed by atoms with E-state index in [2.05, 4.69) is 24.3 Å². The predicted octanol–water partition coefficient (Wildman–Crippen LogP) is 4.84. The second kappa shape index (κ2) is 4.96.